The van der Waals surface area contributed by atoms with Crippen molar-refractivity contribution >= 4 is 11.3 Å². The fourth-order valence-corrected chi connectivity index (χ4v) is 1.79. The third-order valence-electron chi connectivity index (χ3n) is 1.75. The van der Waals surface area contributed by atoms with E-state index >= 15 is 0 Å². The van der Waals surface area contributed by atoms with Crippen molar-refractivity contribution in [2.24, 2.45) is 5.73 Å². The Hall–Kier alpha value is -1.33. The molecule has 72 valence electrons. The molecule has 0 unspecified atom stereocenters. The number of hydrogen-bond donors (Lipinski definition) is 1. The van der Waals surface area contributed by atoms with Gasteiger partial charge in [0.15, 0.2) is 5.01 Å². The molecule has 0 amide bonds. The monoisotopic (exact) mass is 206 g/mol. The van der Waals surface area contributed by atoms with E-state index in [9.17, 15) is 0 Å². The molecule has 2 heterocycles. The van der Waals surface area contributed by atoms with E-state index in [1.54, 1.807) is 0 Å². The van der Waals surface area contributed by atoms with Crippen LogP contribution in [0, 0.1) is 6.92 Å². The summed E-state index contributed by atoms with van der Waals surface area (Å²) in [6.45, 7) is 2.39. The number of pyridine rings is 1. The van der Waals surface area contributed by atoms with Gasteiger partial charge in [-0.15, -0.1) is 10.2 Å². The van der Waals surface area contributed by atoms with Crippen LogP contribution >= 0.6 is 11.3 Å². The highest BCUT2D eigenvalue weighted by Gasteiger charge is 2.06. The van der Waals surface area contributed by atoms with Crippen molar-refractivity contribution in [2.75, 3.05) is 0 Å². The summed E-state index contributed by atoms with van der Waals surface area (Å²) in [6.07, 6.45) is 0. The largest absolute Gasteiger partial charge is 0.324 e. The number of aryl methyl sites for hydroxylation is 1. The highest BCUT2D eigenvalue weighted by Crippen LogP contribution is 2.21. The minimum Gasteiger partial charge on any atom is -0.324 e. The summed E-state index contributed by atoms with van der Waals surface area (Å²) in [5.41, 5.74) is 7.30. The van der Waals surface area contributed by atoms with E-state index in [1.807, 2.05) is 25.1 Å². The third kappa shape index (κ3) is 1.78. The van der Waals surface area contributed by atoms with Crippen LogP contribution in [0.3, 0.4) is 0 Å². The minimum absolute atomic E-state index is 0.434. The van der Waals surface area contributed by atoms with E-state index in [1.165, 1.54) is 11.3 Å². The summed E-state index contributed by atoms with van der Waals surface area (Å²) in [6, 6.07) is 5.84. The maximum absolute atomic E-state index is 5.46. The molecule has 0 aromatic carbocycles. The molecule has 14 heavy (non-hydrogen) atoms. The fraction of sp³-hybridized carbons (Fsp3) is 0.222. The molecule has 2 N–H and O–H groups in total. The highest BCUT2D eigenvalue weighted by molar-refractivity contribution is 7.14. The molecule has 0 saturated carbocycles. The van der Waals surface area contributed by atoms with Gasteiger partial charge in [0.05, 0.1) is 0 Å². The number of nitrogens with zero attached hydrogens (tertiary/aromatic N) is 3. The molecule has 5 heteroatoms. The highest BCUT2D eigenvalue weighted by atomic mass is 32.1. The molecule has 0 spiro atoms. The lowest BCUT2D eigenvalue weighted by Crippen LogP contribution is -1.94. The quantitative estimate of drug-likeness (QED) is 0.806. The number of nitrogens with two attached hydrogens (primary N) is 1. The molecule has 0 radical (unpaired) electrons. The zero-order chi connectivity index (χ0) is 9.97. The molecular formula is C9H10N4S. The van der Waals surface area contributed by atoms with Crippen molar-refractivity contribution in [1.82, 2.24) is 15.2 Å². The van der Waals surface area contributed by atoms with Crippen LogP contribution in [0.2, 0.25) is 0 Å². The molecule has 0 fully saturated rings. The van der Waals surface area contributed by atoms with E-state index in [0.29, 0.717) is 6.54 Å². The Bertz CT molecular complexity index is 438. The van der Waals surface area contributed by atoms with Crippen molar-refractivity contribution < 1.29 is 0 Å². The van der Waals surface area contributed by atoms with E-state index in [4.69, 9.17) is 5.73 Å². The van der Waals surface area contributed by atoms with Gasteiger partial charge in [-0.3, -0.25) is 4.98 Å². The van der Waals surface area contributed by atoms with Gasteiger partial charge in [0.2, 0.25) is 0 Å². The van der Waals surface area contributed by atoms with Gasteiger partial charge >= 0.3 is 0 Å². The first-order chi connectivity index (χ1) is 6.79. The molecule has 0 aliphatic heterocycles. The second-order valence-corrected chi connectivity index (χ2v) is 3.93. The Morgan fingerprint density at radius 1 is 1.36 bits per heavy atom. The summed E-state index contributed by atoms with van der Waals surface area (Å²) in [5, 5.41) is 9.63. The summed E-state index contributed by atoms with van der Waals surface area (Å²) in [5.74, 6) is 0. The van der Waals surface area contributed by atoms with Crippen LogP contribution in [0.1, 0.15) is 10.7 Å². The molecular weight excluding hydrogens is 196 g/mol. The van der Waals surface area contributed by atoms with Crippen LogP contribution in [-0.2, 0) is 6.54 Å². The van der Waals surface area contributed by atoms with Gasteiger partial charge in [-0.1, -0.05) is 17.4 Å². The fourth-order valence-electron chi connectivity index (χ4n) is 1.10. The van der Waals surface area contributed by atoms with E-state index in [0.717, 1.165) is 21.4 Å². The van der Waals surface area contributed by atoms with Gasteiger partial charge in [-0.2, -0.15) is 0 Å². The van der Waals surface area contributed by atoms with Crippen molar-refractivity contribution in [3.05, 3.63) is 28.9 Å². The van der Waals surface area contributed by atoms with Crippen LogP contribution in [0.5, 0.6) is 0 Å². The van der Waals surface area contributed by atoms with Gasteiger partial charge in [-0.05, 0) is 19.1 Å². The Labute approximate surface area is 85.8 Å². The van der Waals surface area contributed by atoms with Crippen LogP contribution < -0.4 is 5.73 Å². The number of aromatic nitrogens is 3. The van der Waals surface area contributed by atoms with Gasteiger partial charge in [0.1, 0.15) is 10.7 Å². The molecule has 2 aromatic heterocycles. The summed E-state index contributed by atoms with van der Waals surface area (Å²) in [7, 11) is 0. The van der Waals surface area contributed by atoms with E-state index in [-0.39, 0.29) is 0 Å². The third-order valence-corrected chi connectivity index (χ3v) is 2.72. The summed E-state index contributed by atoms with van der Waals surface area (Å²) >= 11 is 1.48. The van der Waals surface area contributed by atoms with Gasteiger partial charge in [0, 0.05) is 12.2 Å². The smallest absolute Gasteiger partial charge is 0.166 e. The second kappa shape index (κ2) is 3.81. The van der Waals surface area contributed by atoms with E-state index in [2.05, 4.69) is 15.2 Å². The lowest BCUT2D eigenvalue weighted by Gasteiger charge is -1.94. The topological polar surface area (TPSA) is 64.7 Å². The Morgan fingerprint density at radius 2 is 2.21 bits per heavy atom. The first kappa shape index (κ1) is 9.23. The summed E-state index contributed by atoms with van der Waals surface area (Å²) < 4.78 is 0. The zero-order valence-corrected chi connectivity index (χ0v) is 8.58. The van der Waals surface area contributed by atoms with Gasteiger partial charge in [-0.25, -0.2) is 0 Å². The van der Waals surface area contributed by atoms with Crippen LogP contribution in [0.15, 0.2) is 18.2 Å². The average Bonchev–Trinajstić information content (AvgIpc) is 2.66. The molecule has 0 aliphatic carbocycles. The molecule has 2 rings (SSSR count). The SMILES string of the molecule is Cc1cccc(-c2nnc(CN)s2)n1. The number of rotatable bonds is 2. The molecule has 0 saturated heterocycles. The van der Waals surface area contributed by atoms with Gasteiger partial charge < -0.3 is 5.73 Å². The molecule has 0 bridgehead atoms. The summed E-state index contributed by atoms with van der Waals surface area (Å²) in [4.78, 5) is 4.36. The van der Waals surface area contributed by atoms with E-state index < -0.39 is 0 Å². The molecule has 4 nitrogen and oxygen atoms in total. The van der Waals surface area contributed by atoms with Crippen LogP contribution in [0.25, 0.3) is 10.7 Å². The maximum Gasteiger partial charge on any atom is 0.166 e. The van der Waals surface area contributed by atoms with Crippen LogP contribution in [0.4, 0.5) is 0 Å². The molecule has 2 aromatic rings. The van der Waals surface area contributed by atoms with Crippen LogP contribution in [-0.4, -0.2) is 15.2 Å². The van der Waals surface area contributed by atoms with Crippen molar-refractivity contribution in [3.63, 3.8) is 0 Å². The predicted molar refractivity (Wildman–Crippen MR) is 55.8 cm³/mol. The normalized spacial score (nSPS) is 10.4. The lowest BCUT2D eigenvalue weighted by molar-refractivity contribution is 0.958. The zero-order valence-electron chi connectivity index (χ0n) is 7.77. The Morgan fingerprint density at radius 3 is 2.86 bits per heavy atom. The van der Waals surface area contributed by atoms with Crippen molar-refractivity contribution in [2.45, 2.75) is 13.5 Å². The Balaban J connectivity index is 2.39. The predicted octanol–water partition coefficient (Wildman–Crippen LogP) is 1.37. The average molecular weight is 206 g/mol. The first-order valence-electron chi connectivity index (χ1n) is 4.26. The lowest BCUT2D eigenvalue weighted by atomic mass is 10.3. The van der Waals surface area contributed by atoms with Crippen molar-refractivity contribution in [3.8, 4) is 10.7 Å². The maximum atomic E-state index is 5.46. The molecule has 0 atom stereocenters. The van der Waals surface area contributed by atoms with Crippen molar-refractivity contribution in [1.29, 1.82) is 0 Å². The second-order valence-electron chi connectivity index (χ2n) is 2.87. The standard InChI is InChI=1S/C9H10N4S/c1-6-3-2-4-7(11-6)9-13-12-8(5-10)14-9/h2-4H,5,10H2,1H3. The van der Waals surface area contributed by atoms with Gasteiger partial charge in [0.25, 0.3) is 0 Å². The Kier molecular flexibility index (Phi) is 2.51. The molecule has 0 aliphatic rings. The minimum atomic E-state index is 0.434. The number of hydrogen-bond acceptors (Lipinski definition) is 5. The first-order valence-corrected chi connectivity index (χ1v) is 5.07.